The summed E-state index contributed by atoms with van der Waals surface area (Å²) in [6.45, 7) is 9.06. The van der Waals surface area contributed by atoms with E-state index in [1.807, 2.05) is 30.3 Å². The Bertz CT molecular complexity index is 1520. The molecule has 0 bridgehead atoms. The molecule has 0 radical (unpaired) electrons. The standard InChI is InChI=1S/C31H29ClFNO5/c1-5-14-37-29(35)17-22-7-6-21(16-27(22)32)20-9-12-26(13-10-20)38-19-25-15-23-8-11-24(33)18-28(23)34(25)30(36)39-31(2,3)4/h5-13,15-16,18H,1,14,17,19H2,2-4H3. The summed E-state index contributed by atoms with van der Waals surface area (Å²) in [6, 6.07) is 18.9. The maximum atomic E-state index is 14.0. The Kier molecular flexibility index (Phi) is 8.41. The minimum atomic E-state index is -0.717. The number of carbonyl (C=O) groups is 2. The maximum absolute atomic E-state index is 14.0. The van der Waals surface area contributed by atoms with Crippen LogP contribution in [0.1, 0.15) is 32.0 Å². The van der Waals surface area contributed by atoms with Crippen molar-refractivity contribution in [3.8, 4) is 16.9 Å². The molecule has 6 nitrogen and oxygen atoms in total. The molecule has 202 valence electrons. The summed E-state index contributed by atoms with van der Waals surface area (Å²) in [5.41, 5.74) is 2.68. The van der Waals surface area contributed by atoms with Crippen molar-refractivity contribution < 1.29 is 28.2 Å². The van der Waals surface area contributed by atoms with Crippen LogP contribution in [0, 0.1) is 5.82 Å². The number of hydrogen-bond acceptors (Lipinski definition) is 5. The fourth-order valence-corrected chi connectivity index (χ4v) is 4.24. The van der Waals surface area contributed by atoms with Gasteiger partial charge in [-0.1, -0.05) is 48.5 Å². The van der Waals surface area contributed by atoms with Crippen LogP contribution in [-0.2, 0) is 27.3 Å². The highest BCUT2D eigenvalue weighted by Gasteiger charge is 2.23. The molecule has 4 aromatic rings. The molecule has 3 aromatic carbocycles. The SMILES string of the molecule is C=CCOC(=O)Cc1ccc(-c2ccc(OCc3cc4ccc(F)cc4n3C(=O)OC(C)(C)C)cc2)cc1Cl. The third-order valence-corrected chi connectivity index (χ3v) is 6.10. The number of fused-ring (bicyclic) bond motifs is 1. The van der Waals surface area contributed by atoms with E-state index in [-0.39, 0.29) is 25.6 Å². The number of esters is 1. The Balaban J connectivity index is 1.49. The maximum Gasteiger partial charge on any atom is 0.419 e. The second-order valence-corrected chi connectivity index (χ2v) is 10.3. The predicted molar refractivity (Wildman–Crippen MR) is 150 cm³/mol. The molecule has 0 N–H and O–H groups in total. The van der Waals surface area contributed by atoms with Crippen LogP contribution >= 0.6 is 11.6 Å². The molecule has 0 unspecified atom stereocenters. The number of hydrogen-bond donors (Lipinski definition) is 0. The molecule has 0 spiro atoms. The summed E-state index contributed by atoms with van der Waals surface area (Å²) < 4.78 is 31.9. The van der Waals surface area contributed by atoms with Crippen molar-refractivity contribution in [1.82, 2.24) is 4.57 Å². The topological polar surface area (TPSA) is 66.8 Å². The van der Waals surface area contributed by atoms with E-state index in [4.69, 9.17) is 25.8 Å². The lowest BCUT2D eigenvalue weighted by molar-refractivity contribution is -0.141. The zero-order valence-electron chi connectivity index (χ0n) is 22.0. The van der Waals surface area contributed by atoms with Gasteiger partial charge in [-0.05, 0) is 79.9 Å². The smallest absolute Gasteiger partial charge is 0.419 e. The van der Waals surface area contributed by atoms with E-state index in [9.17, 15) is 14.0 Å². The fourth-order valence-electron chi connectivity index (χ4n) is 3.99. The lowest BCUT2D eigenvalue weighted by Gasteiger charge is -2.21. The van der Waals surface area contributed by atoms with Gasteiger partial charge in [0, 0.05) is 10.4 Å². The van der Waals surface area contributed by atoms with Crippen molar-refractivity contribution in [3.63, 3.8) is 0 Å². The quantitative estimate of drug-likeness (QED) is 0.166. The van der Waals surface area contributed by atoms with Gasteiger partial charge < -0.3 is 14.2 Å². The first kappa shape index (κ1) is 27.9. The van der Waals surface area contributed by atoms with Crippen LogP contribution in [0.15, 0.2) is 79.4 Å². The van der Waals surface area contributed by atoms with Gasteiger partial charge in [-0.25, -0.2) is 13.8 Å². The lowest BCUT2D eigenvalue weighted by Crippen LogP contribution is -2.28. The molecule has 0 fully saturated rings. The first-order chi connectivity index (χ1) is 18.5. The number of nitrogens with zero attached hydrogens (tertiary/aromatic N) is 1. The molecule has 1 heterocycles. The average molecular weight is 550 g/mol. The lowest BCUT2D eigenvalue weighted by atomic mass is 10.0. The molecule has 39 heavy (non-hydrogen) atoms. The largest absolute Gasteiger partial charge is 0.487 e. The number of halogens is 2. The highest BCUT2D eigenvalue weighted by molar-refractivity contribution is 6.31. The normalized spacial score (nSPS) is 11.3. The third-order valence-electron chi connectivity index (χ3n) is 5.74. The summed E-state index contributed by atoms with van der Waals surface area (Å²) in [5, 5.41) is 1.17. The molecule has 8 heteroatoms. The van der Waals surface area contributed by atoms with Crippen LogP contribution in [-0.4, -0.2) is 28.8 Å². The van der Waals surface area contributed by atoms with Gasteiger partial charge in [0.05, 0.1) is 17.6 Å². The molecule has 0 aliphatic carbocycles. The number of carbonyl (C=O) groups excluding carboxylic acids is 2. The monoisotopic (exact) mass is 549 g/mol. The van der Waals surface area contributed by atoms with Gasteiger partial charge in [0.1, 0.15) is 30.4 Å². The molecule has 0 amide bonds. The van der Waals surface area contributed by atoms with Crippen molar-refractivity contribution in [2.24, 2.45) is 0 Å². The minimum absolute atomic E-state index is 0.0668. The average Bonchev–Trinajstić information content (AvgIpc) is 3.24. The summed E-state index contributed by atoms with van der Waals surface area (Å²) >= 11 is 6.41. The minimum Gasteiger partial charge on any atom is -0.487 e. The number of aromatic nitrogens is 1. The number of ether oxygens (including phenoxy) is 3. The highest BCUT2D eigenvalue weighted by atomic mass is 35.5. The van der Waals surface area contributed by atoms with Gasteiger partial charge in [0.2, 0.25) is 0 Å². The molecule has 1 aromatic heterocycles. The Labute approximate surface area is 231 Å². The zero-order chi connectivity index (χ0) is 28.2. The summed E-state index contributed by atoms with van der Waals surface area (Å²) in [4.78, 5) is 24.8. The van der Waals surface area contributed by atoms with E-state index in [2.05, 4.69) is 6.58 Å². The van der Waals surface area contributed by atoms with Crippen molar-refractivity contribution in [1.29, 1.82) is 0 Å². The molecule has 0 saturated heterocycles. The predicted octanol–water partition coefficient (Wildman–Crippen LogP) is 7.73. The summed E-state index contributed by atoms with van der Waals surface area (Å²) in [6.07, 6.45) is 0.982. The van der Waals surface area contributed by atoms with Crippen molar-refractivity contribution in [3.05, 3.63) is 101 Å². The van der Waals surface area contributed by atoms with Crippen LogP contribution in [0.5, 0.6) is 5.75 Å². The van der Waals surface area contributed by atoms with Crippen LogP contribution in [0.25, 0.3) is 22.0 Å². The second kappa shape index (κ2) is 11.7. The Morgan fingerprint density at radius 2 is 1.72 bits per heavy atom. The fraction of sp³-hybridized carbons (Fsp3) is 0.226. The summed E-state index contributed by atoms with van der Waals surface area (Å²) in [7, 11) is 0. The molecule has 0 atom stereocenters. The molecule has 0 aliphatic heterocycles. The van der Waals surface area contributed by atoms with Crippen molar-refractivity contribution in [2.45, 2.75) is 39.4 Å². The van der Waals surface area contributed by atoms with E-state index in [0.717, 1.165) is 11.1 Å². The van der Waals surface area contributed by atoms with Gasteiger partial charge in [0.25, 0.3) is 0 Å². The molecular formula is C31H29ClFNO5. The van der Waals surface area contributed by atoms with Gasteiger partial charge in [-0.2, -0.15) is 0 Å². The van der Waals surface area contributed by atoms with Crippen molar-refractivity contribution >= 4 is 34.6 Å². The Hall–Kier alpha value is -4.10. The van der Waals surface area contributed by atoms with Crippen LogP contribution in [0.3, 0.4) is 0 Å². The van der Waals surface area contributed by atoms with Crippen LogP contribution in [0.4, 0.5) is 9.18 Å². The molecule has 4 rings (SSSR count). The number of rotatable bonds is 8. The van der Waals surface area contributed by atoms with E-state index >= 15 is 0 Å². The third kappa shape index (κ3) is 7.06. The number of benzene rings is 3. The summed E-state index contributed by atoms with van der Waals surface area (Å²) in [5.74, 6) is -0.241. The molecule has 0 aliphatic rings. The van der Waals surface area contributed by atoms with Gasteiger partial charge >= 0.3 is 12.1 Å². The van der Waals surface area contributed by atoms with Crippen molar-refractivity contribution in [2.75, 3.05) is 6.61 Å². The molecular weight excluding hydrogens is 521 g/mol. The zero-order valence-corrected chi connectivity index (χ0v) is 22.8. The first-order valence-electron chi connectivity index (χ1n) is 12.4. The van der Waals surface area contributed by atoms with Crippen LogP contribution in [0.2, 0.25) is 5.02 Å². The highest BCUT2D eigenvalue weighted by Crippen LogP contribution is 2.29. The van der Waals surface area contributed by atoms with E-state index in [1.54, 1.807) is 45.0 Å². The Morgan fingerprint density at radius 1 is 1.00 bits per heavy atom. The van der Waals surface area contributed by atoms with E-state index < -0.39 is 17.5 Å². The van der Waals surface area contributed by atoms with Gasteiger partial charge in [-0.3, -0.25) is 4.79 Å². The van der Waals surface area contributed by atoms with Gasteiger partial charge in [0.15, 0.2) is 0 Å². The second-order valence-electron chi connectivity index (χ2n) is 9.92. The first-order valence-corrected chi connectivity index (χ1v) is 12.7. The van der Waals surface area contributed by atoms with Crippen LogP contribution < -0.4 is 4.74 Å². The molecule has 0 saturated carbocycles. The Morgan fingerprint density at radius 3 is 2.38 bits per heavy atom. The van der Waals surface area contributed by atoms with E-state index in [1.165, 1.54) is 22.8 Å². The van der Waals surface area contributed by atoms with E-state index in [0.29, 0.717) is 32.9 Å². The van der Waals surface area contributed by atoms with Gasteiger partial charge in [-0.15, -0.1) is 0 Å².